The first-order valence-electron chi connectivity index (χ1n) is 7.75. The van der Waals surface area contributed by atoms with Crippen LogP contribution in [-0.4, -0.2) is 20.6 Å². The zero-order valence-corrected chi connectivity index (χ0v) is 17.6. The molecule has 1 aromatic carbocycles. The summed E-state index contributed by atoms with van der Waals surface area (Å²) in [5.41, 5.74) is -1.04. The number of nitro groups is 1. The average molecular weight is 547 g/mol. The number of carbonyl (C=O) groups is 1. The zero-order valence-electron chi connectivity index (χ0n) is 13.7. The van der Waals surface area contributed by atoms with Gasteiger partial charge in [-0.05, 0) is 44.7 Å². The first-order valence-corrected chi connectivity index (χ1v) is 9.72. The van der Waals surface area contributed by atoms with Crippen LogP contribution >= 0.6 is 43.5 Å². The Morgan fingerprint density at radius 2 is 1.93 bits per heavy atom. The van der Waals surface area contributed by atoms with Gasteiger partial charge < -0.3 is 5.32 Å². The van der Waals surface area contributed by atoms with Crippen LogP contribution in [-0.2, 0) is 17.5 Å². The van der Waals surface area contributed by atoms with E-state index in [4.69, 9.17) is 11.6 Å². The molecule has 0 saturated heterocycles. The van der Waals surface area contributed by atoms with E-state index in [9.17, 15) is 28.1 Å². The van der Waals surface area contributed by atoms with E-state index in [1.807, 2.05) is 0 Å². The number of nitrogens with zero attached hydrogens (tertiary/aromatic N) is 3. The molecule has 0 spiro atoms. The summed E-state index contributed by atoms with van der Waals surface area (Å²) in [6.45, 7) is -0.489. The minimum atomic E-state index is -4.73. The third-order valence-corrected chi connectivity index (χ3v) is 5.58. The quantitative estimate of drug-likeness (QED) is 0.396. The lowest BCUT2D eigenvalue weighted by atomic mass is 10.2. The largest absolute Gasteiger partial charge is 0.436 e. The van der Waals surface area contributed by atoms with Gasteiger partial charge >= 0.3 is 6.18 Å². The number of halogens is 6. The molecule has 1 N–H and O–H groups in total. The predicted molar refractivity (Wildman–Crippen MR) is 101 cm³/mol. The summed E-state index contributed by atoms with van der Waals surface area (Å²) in [6.07, 6.45) is -3.39. The van der Waals surface area contributed by atoms with Crippen molar-refractivity contribution in [3.63, 3.8) is 0 Å². The van der Waals surface area contributed by atoms with E-state index < -0.39 is 34.3 Å². The Hall–Kier alpha value is -1.66. The van der Waals surface area contributed by atoms with Gasteiger partial charge in [0.25, 0.3) is 5.69 Å². The normalized spacial score (nSPS) is 14.2. The van der Waals surface area contributed by atoms with Gasteiger partial charge in [-0.3, -0.25) is 19.6 Å². The first-order chi connectivity index (χ1) is 13.0. The highest BCUT2D eigenvalue weighted by Gasteiger charge is 2.42. The van der Waals surface area contributed by atoms with Gasteiger partial charge in [0.2, 0.25) is 5.91 Å². The second-order valence-corrected chi connectivity index (χ2v) is 8.15. The fraction of sp³-hybridized carbons (Fsp3) is 0.333. The van der Waals surface area contributed by atoms with Crippen LogP contribution in [0.15, 0.2) is 21.1 Å². The van der Waals surface area contributed by atoms with Gasteiger partial charge in [-0.2, -0.15) is 18.3 Å². The number of rotatable bonds is 5. The van der Waals surface area contributed by atoms with Gasteiger partial charge in [0.1, 0.15) is 6.54 Å². The fourth-order valence-electron chi connectivity index (χ4n) is 2.60. The molecule has 0 atom stereocenters. The molecule has 1 amide bonds. The van der Waals surface area contributed by atoms with Crippen LogP contribution < -0.4 is 5.32 Å². The number of alkyl halides is 3. The van der Waals surface area contributed by atoms with E-state index in [0.717, 1.165) is 4.68 Å². The van der Waals surface area contributed by atoms with Gasteiger partial charge in [-0.15, -0.1) is 0 Å². The van der Waals surface area contributed by atoms with Gasteiger partial charge in [0, 0.05) is 27.0 Å². The lowest BCUT2D eigenvalue weighted by Crippen LogP contribution is -2.21. The van der Waals surface area contributed by atoms with Crippen molar-refractivity contribution in [3.8, 4) is 0 Å². The van der Waals surface area contributed by atoms with Crippen molar-refractivity contribution in [1.29, 1.82) is 0 Å². The summed E-state index contributed by atoms with van der Waals surface area (Å²) in [5.74, 6) is -0.827. The molecule has 1 aromatic heterocycles. The highest BCUT2D eigenvalue weighted by atomic mass is 79.9. The molecule has 28 heavy (non-hydrogen) atoms. The summed E-state index contributed by atoms with van der Waals surface area (Å²) in [5, 5.41) is 16.4. The molecule has 1 saturated carbocycles. The Morgan fingerprint density at radius 3 is 2.39 bits per heavy atom. The Kier molecular flexibility index (Phi) is 5.74. The molecule has 0 bridgehead atoms. The lowest BCUT2D eigenvalue weighted by Gasteiger charge is -2.11. The van der Waals surface area contributed by atoms with Crippen molar-refractivity contribution in [1.82, 2.24) is 9.78 Å². The molecule has 3 rings (SSSR count). The Balaban J connectivity index is 1.86. The summed E-state index contributed by atoms with van der Waals surface area (Å²) in [6, 6.07) is 2.39. The SMILES string of the molecule is O=C(Cn1nc(C(F)(F)F)c(Cl)c1C1CC1)Nc1c(Br)cc([N+](=O)[O-])cc1Br. The van der Waals surface area contributed by atoms with Crippen molar-refractivity contribution < 1.29 is 22.9 Å². The van der Waals surface area contributed by atoms with E-state index in [1.54, 1.807) is 0 Å². The van der Waals surface area contributed by atoms with E-state index in [2.05, 4.69) is 42.3 Å². The molecular weight excluding hydrogens is 536 g/mol. The zero-order chi connectivity index (χ0) is 20.8. The van der Waals surface area contributed by atoms with Crippen LogP contribution in [0.5, 0.6) is 0 Å². The smallest absolute Gasteiger partial charge is 0.323 e. The maximum atomic E-state index is 13.1. The molecule has 0 radical (unpaired) electrons. The van der Waals surface area contributed by atoms with Crippen LogP contribution in [0, 0.1) is 10.1 Å². The maximum Gasteiger partial charge on any atom is 0.436 e. The van der Waals surface area contributed by atoms with Gasteiger partial charge in [-0.1, -0.05) is 11.6 Å². The number of benzene rings is 1. The Morgan fingerprint density at radius 1 is 1.36 bits per heavy atom. The number of hydrogen-bond acceptors (Lipinski definition) is 4. The number of amides is 1. The Bertz CT molecular complexity index is 953. The summed E-state index contributed by atoms with van der Waals surface area (Å²) < 4.78 is 40.7. The number of nitrogens with one attached hydrogen (secondary N) is 1. The van der Waals surface area contributed by atoms with E-state index in [0.29, 0.717) is 12.8 Å². The van der Waals surface area contributed by atoms with Crippen molar-refractivity contribution in [2.24, 2.45) is 0 Å². The van der Waals surface area contributed by atoms with Gasteiger partial charge in [0.05, 0.1) is 21.3 Å². The van der Waals surface area contributed by atoms with Crippen molar-refractivity contribution in [2.45, 2.75) is 31.5 Å². The van der Waals surface area contributed by atoms with Crippen LogP contribution in [0.25, 0.3) is 0 Å². The first kappa shape index (κ1) is 21.1. The highest BCUT2D eigenvalue weighted by molar-refractivity contribution is 9.11. The van der Waals surface area contributed by atoms with E-state index >= 15 is 0 Å². The molecule has 1 fully saturated rings. The molecule has 0 unspecified atom stereocenters. The Labute approximate surface area is 177 Å². The maximum absolute atomic E-state index is 13.1. The number of carbonyl (C=O) groups excluding carboxylic acids is 1. The molecule has 1 aliphatic carbocycles. The molecule has 1 heterocycles. The minimum absolute atomic E-state index is 0.165. The van der Waals surface area contributed by atoms with Crippen molar-refractivity contribution in [2.75, 3.05) is 5.32 Å². The monoisotopic (exact) mass is 544 g/mol. The van der Waals surface area contributed by atoms with Crippen molar-refractivity contribution in [3.05, 3.63) is 47.6 Å². The standard InChI is InChI=1S/C15H10Br2ClF3N4O3/c16-8-3-7(25(27)28)4-9(17)12(8)22-10(26)5-24-13(6-1-2-6)11(18)14(23-24)15(19,20)21/h3-4,6H,1-2,5H2,(H,22,26). The minimum Gasteiger partial charge on any atom is -0.323 e. The third-order valence-electron chi connectivity index (χ3n) is 3.96. The fourth-order valence-corrected chi connectivity index (χ4v) is 4.36. The summed E-state index contributed by atoms with van der Waals surface area (Å²) in [4.78, 5) is 22.7. The molecule has 2 aromatic rings. The van der Waals surface area contributed by atoms with E-state index in [-0.39, 0.29) is 31.9 Å². The van der Waals surface area contributed by atoms with Crippen molar-refractivity contribution >= 4 is 60.7 Å². The second kappa shape index (κ2) is 7.64. The molecule has 0 aliphatic heterocycles. The van der Waals surface area contributed by atoms with Crippen LogP contribution in [0.1, 0.15) is 30.1 Å². The number of nitro benzene ring substituents is 1. The number of aromatic nitrogens is 2. The number of non-ortho nitro benzene ring substituents is 1. The highest BCUT2D eigenvalue weighted by Crippen LogP contribution is 2.47. The molecule has 150 valence electrons. The van der Waals surface area contributed by atoms with Gasteiger partial charge in [0.15, 0.2) is 5.69 Å². The van der Waals surface area contributed by atoms with E-state index in [1.165, 1.54) is 12.1 Å². The molecule has 1 aliphatic rings. The van der Waals surface area contributed by atoms with Crippen LogP contribution in [0.2, 0.25) is 5.02 Å². The number of anilines is 1. The summed E-state index contributed by atoms with van der Waals surface area (Å²) in [7, 11) is 0. The number of hydrogen-bond donors (Lipinski definition) is 1. The molecule has 7 nitrogen and oxygen atoms in total. The molecule has 13 heteroatoms. The third kappa shape index (κ3) is 4.33. The summed E-state index contributed by atoms with van der Waals surface area (Å²) >= 11 is 12.1. The topological polar surface area (TPSA) is 90.1 Å². The lowest BCUT2D eigenvalue weighted by molar-refractivity contribution is -0.385. The van der Waals surface area contributed by atoms with Gasteiger partial charge in [-0.25, -0.2) is 0 Å². The van der Waals surface area contributed by atoms with Crippen LogP contribution in [0.3, 0.4) is 0 Å². The van der Waals surface area contributed by atoms with Crippen LogP contribution in [0.4, 0.5) is 24.5 Å². The average Bonchev–Trinajstić information content (AvgIpc) is 3.34. The second-order valence-electron chi connectivity index (χ2n) is 6.07. The predicted octanol–water partition coefficient (Wildman–Crippen LogP) is 5.50. The molecular formula is C15H10Br2ClF3N4O3.